The normalized spacial score (nSPS) is 21.3. The summed E-state index contributed by atoms with van der Waals surface area (Å²) < 4.78 is 5.50. The molecule has 5 heteroatoms. The first-order valence-electron chi connectivity index (χ1n) is 10.8. The number of hydrogen-bond acceptors (Lipinski definition) is 4. The summed E-state index contributed by atoms with van der Waals surface area (Å²) in [7, 11) is 1.72. The maximum atomic E-state index is 12.8. The maximum absolute atomic E-state index is 12.8. The summed E-state index contributed by atoms with van der Waals surface area (Å²) in [5.74, 6) is 2.97. The second kappa shape index (κ2) is 8.78. The third-order valence-electron chi connectivity index (χ3n) is 6.55. The highest BCUT2D eigenvalue weighted by molar-refractivity contribution is 7.14. The molecule has 0 spiro atoms. The van der Waals surface area contributed by atoms with E-state index >= 15 is 0 Å². The van der Waals surface area contributed by atoms with Crippen molar-refractivity contribution in [3.05, 3.63) is 45.6 Å². The lowest BCUT2D eigenvalue weighted by Gasteiger charge is -2.25. The Bertz CT molecular complexity index is 860. The van der Waals surface area contributed by atoms with E-state index in [0.29, 0.717) is 11.8 Å². The molecule has 1 fully saturated rings. The summed E-state index contributed by atoms with van der Waals surface area (Å²) in [5, 5.41) is 3.20. The van der Waals surface area contributed by atoms with Crippen molar-refractivity contribution in [2.75, 3.05) is 31.6 Å². The molecule has 1 amide bonds. The molecule has 1 aromatic heterocycles. The van der Waals surface area contributed by atoms with Crippen molar-refractivity contribution in [3.8, 4) is 5.75 Å². The number of fused-ring (bicyclic) bond motifs is 1. The molecule has 2 unspecified atom stereocenters. The smallest absolute Gasteiger partial charge is 0.261 e. The Morgan fingerprint density at radius 1 is 1.31 bits per heavy atom. The number of nitrogens with zero attached hydrogens (tertiary/aromatic N) is 1. The minimum atomic E-state index is 0.0984. The fraction of sp³-hybridized carbons (Fsp3) is 0.542. The summed E-state index contributed by atoms with van der Waals surface area (Å²) in [6, 6.07) is 10.3. The molecule has 1 aliphatic heterocycles. The van der Waals surface area contributed by atoms with E-state index in [1.54, 1.807) is 18.4 Å². The van der Waals surface area contributed by atoms with Gasteiger partial charge < -0.3 is 15.0 Å². The van der Waals surface area contributed by atoms with E-state index < -0.39 is 0 Å². The van der Waals surface area contributed by atoms with Gasteiger partial charge in [-0.15, -0.1) is 11.3 Å². The number of amides is 1. The lowest BCUT2D eigenvalue weighted by atomic mass is 9.81. The highest BCUT2D eigenvalue weighted by atomic mass is 32.1. The van der Waals surface area contributed by atoms with Gasteiger partial charge in [0.15, 0.2) is 0 Å². The number of hydrogen-bond donors (Lipinski definition) is 1. The molecular weight excluding hydrogens is 380 g/mol. The van der Waals surface area contributed by atoms with Crippen LogP contribution in [0.2, 0.25) is 0 Å². The van der Waals surface area contributed by atoms with Gasteiger partial charge in [-0.25, -0.2) is 0 Å². The van der Waals surface area contributed by atoms with E-state index in [-0.39, 0.29) is 5.91 Å². The minimum absolute atomic E-state index is 0.0984. The van der Waals surface area contributed by atoms with Gasteiger partial charge in [-0.2, -0.15) is 0 Å². The molecule has 29 heavy (non-hydrogen) atoms. The van der Waals surface area contributed by atoms with Crippen LogP contribution in [0.1, 0.15) is 46.8 Å². The number of benzene rings is 1. The van der Waals surface area contributed by atoms with Crippen LogP contribution in [0.15, 0.2) is 30.3 Å². The molecule has 1 aliphatic carbocycles. The molecule has 2 atom stereocenters. The van der Waals surface area contributed by atoms with E-state index in [4.69, 9.17) is 4.74 Å². The monoisotopic (exact) mass is 412 g/mol. The molecule has 0 saturated carbocycles. The Labute approximate surface area is 178 Å². The minimum Gasteiger partial charge on any atom is -0.495 e. The Hall–Kier alpha value is -2.01. The number of anilines is 1. The number of nitrogens with one attached hydrogen (secondary N) is 1. The second-order valence-electron chi connectivity index (χ2n) is 8.79. The van der Waals surface area contributed by atoms with Crippen LogP contribution in [0.3, 0.4) is 0 Å². The highest BCUT2D eigenvalue weighted by Gasteiger charge is 2.27. The first-order valence-corrected chi connectivity index (χ1v) is 11.6. The fourth-order valence-electron chi connectivity index (χ4n) is 4.67. The molecule has 2 aliphatic rings. The SMILES string of the molecule is COc1ccccc1N1CCC(CNC(=O)c2cc3c(s2)CCC(C(C)C)C3)C1. The fourth-order valence-corrected chi connectivity index (χ4v) is 5.79. The first-order chi connectivity index (χ1) is 14.0. The Morgan fingerprint density at radius 2 is 2.14 bits per heavy atom. The van der Waals surface area contributed by atoms with Crippen molar-refractivity contribution < 1.29 is 9.53 Å². The van der Waals surface area contributed by atoms with E-state index in [9.17, 15) is 4.79 Å². The standard InChI is InChI=1S/C24H32N2O2S/c1-16(2)18-8-9-22-19(12-18)13-23(29-22)24(27)25-14-17-10-11-26(15-17)20-6-4-5-7-21(20)28-3/h4-7,13,16-18H,8-12,14-15H2,1-3H3,(H,25,27). The van der Waals surface area contributed by atoms with Crippen LogP contribution in [0.5, 0.6) is 5.75 Å². The number of aryl methyl sites for hydroxylation is 1. The van der Waals surface area contributed by atoms with Gasteiger partial charge in [0, 0.05) is 24.5 Å². The van der Waals surface area contributed by atoms with Gasteiger partial charge in [-0.3, -0.25) is 4.79 Å². The Balaban J connectivity index is 1.32. The Kier molecular flexibility index (Phi) is 6.14. The summed E-state index contributed by atoms with van der Waals surface area (Å²) in [4.78, 5) is 17.4. The van der Waals surface area contributed by atoms with Crippen LogP contribution >= 0.6 is 11.3 Å². The van der Waals surface area contributed by atoms with Crippen molar-refractivity contribution in [2.45, 2.75) is 39.5 Å². The third-order valence-corrected chi connectivity index (χ3v) is 7.79. The van der Waals surface area contributed by atoms with Gasteiger partial charge in [0.1, 0.15) is 5.75 Å². The summed E-state index contributed by atoms with van der Waals surface area (Å²) in [6.45, 7) is 7.32. The van der Waals surface area contributed by atoms with Crippen LogP contribution < -0.4 is 15.0 Å². The quantitative estimate of drug-likeness (QED) is 0.743. The lowest BCUT2D eigenvalue weighted by Crippen LogP contribution is -2.30. The Morgan fingerprint density at radius 3 is 2.93 bits per heavy atom. The third kappa shape index (κ3) is 4.45. The van der Waals surface area contributed by atoms with E-state index in [1.165, 1.54) is 16.9 Å². The first kappa shape index (κ1) is 20.3. The lowest BCUT2D eigenvalue weighted by molar-refractivity contribution is 0.0952. The second-order valence-corrected chi connectivity index (χ2v) is 9.93. The van der Waals surface area contributed by atoms with Gasteiger partial charge in [0.25, 0.3) is 5.91 Å². The maximum Gasteiger partial charge on any atom is 0.261 e. The van der Waals surface area contributed by atoms with Crippen molar-refractivity contribution in [3.63, 3.8) is 0 Å². The van der Waals surface area contributed by atoms with Gasteiger partial charge >= 0.3 is 0 Å². The van der Waals surface area contributed by atoms with Crippen LogP contribution in [0.25, 0.3) is 0 Å². The number of rotatable bonds is 6. The summed E-state index contributed by atoms with van der Waals surface area (Å²) >= 11 is 1.70. The topological polar surface area (TPSA) is 41.6 Å². The van der Waals surface area contributed by atoms with Crippen molar-refractivity contribution in [1.82, 2.24) is 5.32 Å². The van der Waals surface area contributed by atoms with Crippen LogP contribution in [-0.4, -0.2) is 32.7 Å². The van der Waals surface area contributed by atoms with Gasteiger partial charge in [0.2, 0.25) is 0 Å². The molecule has 1 N–H and O–H groups in total. The van der Waals surface area contributed by atoms with Crippen LogP contribution in [0, 0.1) is 17.8 Å². The van der Waals surface area contributed by atoms with Crippen LogP contribution in [0.4, 0.5) is 5.69 Å². The van der Waals surface area contributed by atoms with Crippen molar-refractivity contribution >= 4 is 22.9 Å². The number of carbonyl (C=O) groups is 1. The van der Waals surface area contributed by atoms with E-state index in [0.717, 1.165) is 61.1 Å². The predicted octanol–water partition coefficient (Wildman–Crippen LogP) is 4.77. The van der Waals surface area contributed by atoms with Gasteiger partial charge in [0.05, 0.1) is 17.7 Å². The zero-order valence-electron chi connectivity index (χ0n) is 17.7. The average Bonchev–Trinajstić information content (AvgIpc) is 3.38. The van der Waals surface area contributed by atoms with Crippen LogP contribution in [-0.2, 0) is 12.8 Å². The number of thiophene rings is 1. The summed E-state index contributed by atoms with van der Waals surface area (Å²) in [6.07, 6.45) is 4.61. The zero-order valence-corrected chi connectivity index (χ0v) is 18.6. The molecule has 2 heterocycles. The average molecular weight is 413 g/mol. The number of para-hydroxylation sites is 2. The number of carbonyl (C=O) groups excluding carboxylic acids is 1. The largest absolute Gasteiger partial charge is 0.495 e. The summed E-state index contributed by atoms with van der Waals surface area (Å²) in [5.41, 5.74) is 2.56. The van der Waals surface area contributed by atoms with E-state index in [2.05, 4.69) is 42.3 Å². The van der Waals surface area contributed by atoms with Crippen molar-refractivity contribution in [2.24, 2.45) is 17.8 Å². The van der Waals surface area contributed by atoms with Crippen molar-refractivity contribution in [1.29, 1.82) is 0 Å². The van der Waals surface area contributed by atoms with E-state index in [1.807, 2.05) is 12.1 Å². The number of methoxy groups -OCH3 is 1. The predicted molar refractivity (Wildman–Crippen MR) is 120 cm³/mol. The van der Waals surface area contributed by atoms with Gasteiger partial charge in [-0.05, 0) is 67.2 Å². The molecule has 4 nitrogen and oxygen atoms in total. The molecule has 0 bridgehead atoms. The van der Waals surface area contributed by atoms with Gasteiger partial charge in [-0.1, -0.05) is 26.0 Å². The molecular formula is C24H32N2O2S. The highest BCUT2D eigenvalue weighted by Crippen LogP contribution is 2.35. The molecule has 0 radical (unpaired) electrons. The molecule has 4 rings (SSSR count). The molecule has 156 valence electrons. The molecule has 1 saturated heterocycles. The zero-order chi connectivity index (χ0) is 20.4. The number of ether oxygens (including phenoxy) is 1. The molecule has 2 aromatic rings. The molecule has 1 aromatic carbocycles.